The molecular formula is C42H80O7. The highest BCUT2D eigenvalue weighted by atomic mass is 16.5. The highest BCUT2D eigenvalue weighted by Crippen LogP contribution is 2.49. The minimum atomic E-state index is -3.35. The van der Waals surface area contributed by atoms with Crippen molar-refractivity contribution < 1.29 is 35.1 Å². The Kier molecular flexibility index (Phi) is 25.9. The molecule has 1 saturated carbocycles. The zero-order chi connectivity index (χ0) is 36.3. The number of carbonyl (C=O) groups is 2. The second kappa shape index (κ2) is 27.6. The molecule has 5 N–H and O–H groups in total. The molecule has 0 aromatic carbocycles. The van der Waals surface area contributed by atoms with E-state index in [1.54, 1.807) is 0 Å². The molecule has 0 heterocycles. The van der Waals surface area contributed by atoms with Gasteiger partial charge >= 0.3 is 5.97 Å². The number of Topliss-reactive ketones (excluding diaryl/α,β-unsaturated/α-hetero) is 1. The number of hydrogen-bond donors (Lipinski definition) is 5. The fourth-order valence-corrected chi connectivity index (χ4v) is 8.19. The van der Waals surface area contributed by atoms with E-state index in [4.69, 9.17) is 0 Å². The van der Waals surface area contributed by atoms with Crippen molar-refractivity contribution in [2.75, 3.05) is 0 Å². The van der Waals surface area contributed by atoms with Crippen molar-refractivity contribution in [1.82, 2.24) is 0 Å². The van der Waals surface area contributed by atoms with Crippen LogP contribution in [0.15, 0.2) is 0 Å². The van der Waals surface area contributed by atoms with Crippen molar-refractivity contribution in [2.24, 2.45) is 11.3 Å². The molecule has 0 bridgehead atoms. The molecule has 0 aliphatic heterocycles. The Labute approximate surface area is 301 Å². The molecule has 0 aromatic rings. The van der Waals surface area contributed by atoms with Gasteiger partial charge in [0.2, 0.25) is 11.6 Å². The van der Waals surface area contributed by atoms with Crippen LogP contribution in [-0.2, 0) is 9.59 Å². The SMILES string of the molecule is CCCCCCCCCCCCCCCC(C(=O)C(O)(O)C1(CCCCCCCCCCCCCCC)CCCCCC1)C(O)(O)C(=O)O. The summed E-state index contributed by atoms with van der Waals surface area (Å²) in [5.41, 5.74) is -1.11. The van der Waals surface area contributed by atoms with E-state index in [0.717, 1.165) is 77.0 Å². The van der Waals surface area contributed by atoms with Crippen molar-refractivity contribution in [3.8, 4) is 0 Å². The van der Waals surface area contributed by atoms with E-state index in [1.165, 1.54) is 109 Å². The molecule has 1 rings (SSSR count). The second-order valence-corrected chi connectivity index (χ2v) is 15.8. The molecule has 1 aliphatic rings. The molecule has 7 heteroatoms. The third kappa shape index (κ3) is 18.3. The summed E-state index contributed by atoms with van der Waals surface area (Å²) in [6.45, 7) is 4.48. The summed E-state index contributed by atoms with van der Waals surface area (Å²) in [6, 6.07) is 0. The lowest BCUT2D eigenvalue weighted by molar-refractivity contribution is -0.260. The standard InChI is InChI=1S/C42H80O7/c1-3-5-7-9-11-13-15-17-19-21-23-25-29-33-37(41(46,47)39(44)45)38(43)42(48,49)40(35-31-27-28-32-36-40)34-30-26-24-22-20-18-16-14-12-10-8-6-4-2/h37,46-49H,3-36H2,1-2H3,(H,44,45). The predicted octanol–water partition coefficient (Wildman–Crippen LogP) is 10.9. The van der Waals surface area contributed by atoms with Gasteiger partial charge in [-0.1, -0.05) is 206 Å². The van der Waals surface area contributed by atoms with Gasteiger partial charge in [-0.2, -0.15) is 0 Å². The lowest BCUT2D eigenvalue weighted by Crippen LogP contribution is -2.61. The number of rotatable bonds is 33. The number of ketones is 1. The van der Waals surface area contributed by atoms with Gasteiger partial charge in [0.15, 0.2) is 0 Å². The van der Waals surface area contributed by atoms with Crippen LogP contribution in [0.25, 0.3) is 0 Å². The number of aliphatic carboxylic acids is 1. The first kappa shape index (κ1) is 46.0. The average molecular weight is 697 g/mol. The summed E-state index contributed by atoms with van der Waals surface area (Å²) >= 11 is 0. The van der Waals surface area contributed by atoms with Crippen molar-refractivity contribution in [3.63, 3.8) is 0 Å². The van der Waals surface area contributed by atoms with Gasteiger partial charge in [0.25, 0.3) is 5.79 Å². The van der Waals surface area contributed by atoms with Gasteiger partial charge in [0.05, 0.1) is 5.92 Å². The van der Waals surface area contributed by atoms with Gasteiger partial charge in [-0.3, -0.25) is 4.79 Å². The minimum absolute atomic E-state index is 0.104. The number of aliphatic hydroxyl groups is 4. The quantitative estimate of drug-likeness (QED) is 0.0262. The number of unbranched alkanes of at least 4 members (excludes halogenated alkanes) is 24. The van der Waals surface area contributed by atoms with Crippen LogP contribution < -0.4 is 0 Å². The normalized spacial score (nSPS) is 16.0. The largest absolute Gasteiger partial charge is 0.477 e. The molecule has 1 atom stereocenters. The van der Waals surface area contributed by atoms with Crippen LogP contribution in [0.5, 0.6) is 0 Å². The molecule has 0 radical (unpaired) electrons. The van der Waals surface area contributed by atoms with Gasteiger partial charge < -0.3 is 25.5 Å². The summed E-state index contributed by atoms with van der Waals surface area (Å²) in [5.74, 6) is -11.0. The van der Waals surface area contributed by atoms with Gasteiger partial charge in [0.1, 0.15) is 0 Å². The van der Waals surface area contributed by atoms with Gasteiger partial charge in [-0.05, 0) is 25.7 Å². The number of carbonyl (C=O) groups excluding carboxylic acids is 1. The Hall–Kier alpha value is -1.02. The van der Waals surface area contributed by atoms with Crippen LogP contribution >= 0.6 is 0 Å². The molecule has 49 heavy (non-hydrogen) atoms. The smallest absolute Gasteiger partial charge is 0.364 e. The van der Waals surface area contributed by atoms with Crippen molar-refractivity contribution in [3.05, 3.63) is 0 Å². The lowest BCUT2D eigenvalue weighted by Gasteiger charge is -2.45. The number of carboxylic acid groups (broad SMARTS) is 1. The molecular weight excluding hydrogens is 616 g/mol. The Balaban J connectivity index is 2.64. The zero-order valence-electron chi connectivity index (χ0n) is 32.2. The molecule has 7 nitrogen and oxygen atoms in total. The maximum Gasteiger partial charge on any atom is 0.364 e. The fraction of sp³-hybridized carbons (Fsp3) is 0.952. The highest BCUT2D eigenvalue weighted by Gasteiger charge is 2.59. The van der Waals surface area contributed by atoms with Crippen LogP contribution in [0.3, 0.4) is 0 Å². The van der Waals surface area contributed by atoms with E-state index < -0.39 is 34.7 Å². The van der Waals surface area contributed by atoms with Gasteiger partial charge in [-0.25, -0.2) is 4.79 Å². The summed E-state index contributed by atoms with van der Waals surface area (Å²) in [7, 11) is 0. The molecule has 1 aliphatic carbocycles. The third-order valence-corrected chi connectivity index (χ3v) is 11.6. The average Bonchev–Trinajstić information content (AvgIpc) is 3.33. The monoisotopic (exact) mass is 697 g/mol. The van der Waals surface area contributed by atoms with Crippen LogP contribution in [0.4, 0.5) is 0 Å². The van der Waals surface area contributed by atoms with Crippen LogP contribution in [0.1, 0.15) is 232 Å². The Bertz CT molecular complexity index is 816. The van der Waals surface area contributed by atoms with Crippen LogP contribution in [-0.4, -0.2) is 48.9 Å². The highest BCUT2D eigenvalue weighted by molar-refractivity contribution is 5.93. The molecule has 0 aromatic heterocycles. The summed E-state index contributed by atoms with van der Waals surface area (Å²) in [5, 5.41) is 54.3. The van der Waals surface area contributed by atoms with E-state index >= 15 is 0 Å². The first-order chi connectivity index (χ1) is 23.6. The topological polar surface area (TPSA) is 135 Å². The molecule has 290 valence electrons. The van der Waals surface area contributed by atoms with Crippen LogP contribution in [0, 0.1) is 11.3 Å². The van der Waals surface area contributed by atoms with Gasteiger partial charge in [0, 0.05) is 5.41 Å². The summed E-state index contributed by atoms with van der Waals surface area (Å²) in [4.78, 5) is 25.9. The van der Waals surface area contributed by atoms with E-state index in [9.17, 15) is 35.1 Å². The second-order valence-electron chi connectivity index (χ2n) is 15.8. The lowest BCUT2D eigenvalue weighted by atomic mass is 9.65. The van der Waals surface area contributed by atoms with E-state index in [1.807, 2.05) is 0 Å². The van der Waals surface area contributed by atoms with Crippen molar-refractivity contribution in [1.29, 1.82) is 0 Å². The molecule has 1 fully saturated rings. The Morgan fingerprint density at radius 1 is 0.510 bits per heavy atom. The summed E-state index contributed by atoms with van der Waals surface area (Å²) in [6.07, 6.45) is 34.9. The zero-order valence-corrected chi connectivity index (χ0v) is 32.2. The number of carboxylic acids is 1. The van der Waals surface area contributed by atoms with Crippen LogP contribution in [0.2, 0.25) is 0 Å². The minimum Gasteiger partial charge on any atom is -0.477 e. The van der Waals surface area contributed by atoms with E-state index in [0.29, 0.717) is 25.7 Å². The van der Waals surface area contributed by atoms with Crippen molar-refractivity contribution >= 4 is 11.8 Å². The molecule has 0 spiro atoms. The van der Waals surface area contributed by atoms with E-state index in [-0.39, 0.29) is 6.42 Å². The fourth-order valence-electron chi connectivity index (χ4n) is 8.19. The molecule has 0 saturated heterocycles. The third-order valence-electron chi connectivity index (χ3n) is 11.6. The van der Waals surface area contributed by atoms with Crippen molar-refractivity contribution in [2.45, 2.75) is 244 Å². The predicted molar refractivity (Wildman–Crippen MR) is 201 cm³/mol. The Morgan fingerprint density at radius 3 is 1.18 bits per heavy atom. The molecule has 0 amide bonds. The number of hydrogen-bond acceptors (Lipinski definition) is 6. The first-order valence-electron chi connectivity index (χ1n) is 21.2. The van der Waals surface area contributed by atoms with E-state index in [2.05, 4.69) is 13.8 Å². The Morgan fingerprint density at radius 2 is 0.837 bits per heavy atom. The molecule has 1 unspecified atom stereocenters. The maximum absolute atomic E-state index is 13.9. The first-order valence-corrected chi connectivity index (χ1v) is 21.2. The summed E-state index contributed by atoms with van der Waals surface area (Å²) < 4.78 is 0. The van der Waals surface area contributed by atoms with Gasteiger partial charge in [-0.15, -0.1) is 0 Å². The maximum atomic E-state index is 13.9.